The number of benzene rings is 1. The Morgan fingerprint density at radius 3 is 2.67 bits per heavy atom. The monoisotopic (exact) mass is 206 g/mol. The number of hydrogen-bond acceptors (Lipinski definition) is 2. The SMILES string of the molecule is CC1CCCC(c2ccc(O)cc2O)C1. The molecule has 1 saturated carbocycles. The second-order valence-electron chi connectivity index (χ2n) is 4.71. The molecule has 82 valence electrons. The fraction of sp³-hybridized carbons (Fsp3) is 0.538. The molecule has 1 fully saturated rings. The minimum Gasteiger partial charge on any atom is -0.508 e. The molecule has 15 heavy (non-hydrogen) atoms. The van der Waals surface area contributed by atoms with Crippen LogP contribution < -0.4 is 0 Å². The van der Waals surface area contributed by atoms with Crippen molar-refractivity contribution >= 4 is 0 Å². The summed E-state index contributed by atoms with van der Waals surface area (Å²) in [5, 5.41) is 19.0. The van der Waals surface area contributed by atoms with Crippen LogP contribution in [0.4, 0.5) is 0 Å². The lowest BCUT2D eigenvalue weighted by atomic mass is 9.78. The molecule has 0 bridgehead atoms. The Kier molecular flexibility index (Phi) is 2.85. The van der Waals surface area contributed by atoms with Gasteiger partial charge in [0.1, 0.15) is 11.5 Å². The lowest BCUT2D eigenvalue weighted by molar-refractivity contribution is 0.335. The van der Waals surface area contributed by atoms with Crippen molar-refractivity contribution in [3.63, 3.8) is 0 Å². The van der Waals surface area contributed by atoms with E-state index in [2.05, 4.69) is 6.92 Å². The third-order valence-corrected chi connectivity index (χ3v) is 3.39. The largest absolute Gasteiger partial charge is 0.508 e. The average Bonchev–Trinajstić information content (AvgIpc) is 2.17. The van der Waals surface area contributed by atoms with Gasteiger partial charge in [-0.25, -0.2) is 0 Å². The quantitative estimate of drug-likeness (QED) is 0.739. The van der Waals surface area contributed by atoms with Crippen LogP contribution in [0.15, 0.2) is 18.2 Å². The van der Waals surface area contributed by atoms with Crippen LogP contribution in [-0.4, -0.2) is 10.2 Å². The molecule has 1 aliphatic carbocycles. The van der Waals surface area contributed by atoms with Gasteiger partial charge in [0, 0.05) is 6.07 Å². The fourth-order valence-corrected chi connectivity index (χ4v) is 2.59. The molecular formula is C13H18O2. The number of hydrogen-bond donors (Lipinski definition) is 2. The molecule has 2 nitrogen and oxygen atoms in total. The first-order chi connectivity index (χ1) is 7.16. The minimum atomic E-state index is 0.139. The Morgan fingerprint density at radius 1 is 1.20 bits per heavy atom. The van der Waals surface area contributed by atoms with E-state index in [1.165, 1.54) is 18.9 Å². The molecule has 0 aliphatic heterocycles. The Bertz CT molecular complexity index is 346. The molecule has 0 amide bonds. The highest BCUT2D eigenvalue weighted by atomic mass is 16.3. The van der Waals surface area contributed by atoms with E-state index in [1.807, 2.05) is 6.07 Å². The van der Waals surface area contributed by atoms with E-state index >= 15 is 0 Å². The lowest BCUT2D eigenvalue weighted by Gasteiger charge is -2.27. The molecule has 0 aromatic heterocycles. The van der Waals surface area contributed by atoms with E-state index in [0.29, 0.717) is 5.92 Å². The second kappa shape index (κ2) is 4.13. The van der Waals surface area contributed by atoms with Gasteiger partial charge >= 0.3 is 0 Å². The molecule has 1 aromatic rings. The van der Waals surface area contributed by atoms with Gasteiger partial charge in [-0.2, -0.15) is 0 Å². The summed E-state index contributed by atoms with van der Waals surface area (Å²) in [5.74, 6) is 1.60. The highest BCUT2D eigenvalue weighted by molar-refractivity contribution is 5.41. The van der Waals surface area contributed by atoms with Gasteiger partial charge in [-0.1, -0.05) is 25.8 Å². The van der Waals surface area contributed by atoms with Gasteiger partial charge in [-0.05, 0) is 36.3 Å². The summed E-state index contributed by atoms with van der Waals surface area (Å²) >= 11 is 0. The van der Waals surface area contributed by atoms with E-state index in [-0.39, 0.29) is 11.5 Å². The predicted molar refractivity (Wildman–Crippen MR) is 60.1 cm³/mol. The van der Waals surface area contributed by atoms with Crippen molar-refractivity contribution in [3.05, 3.63) is 23.8 Å². The standard InChI is InChI=1S/C13H18O2/c1-9-3-2-4-10(7-9)12-6-5-11(14)8-13(12)15/h5-6,8-10,14-15H,2-4,7H2,1H3. The molecule has 1 aromatic carbocycles. The zero-order chi connectivity index (χ0) is 10.8. The van der Waals surface area contributed by atoms with Crippen LogP contribution in [0.2, 0.25) is 0 Å². The molecule has 0 radical (unpaired) electrons. The maximum Gasteiger partial charge on any atom is 0.122 e. The van der Waals surface area contributed by atoms with E-state index < -0.39 is 0 Å². The van der Waals surface area contributed by atoms with Gasteiger partial charge in [0.2, 0.25) is 0 Å². The third kappa shape index (κ3) is 2.25. The highest BCUT2D eigenvalue weighted by Crippen LogP contribution is 2.40. The predicted octanol–water partition coefficient (Wildman–Crippen LogP) is 3.39. The summed E-state index contributed by atoms with van der Waals surface area (Å²) in [4.78, 5) is 0. The van der Waals surface area contributed by atoms with Gasteiger partial charge in [-0.3, -0.25) is 0 Å². The van der Waals surface area contributed by atoms with Gasteiger partial charge in [0.25, 0.3) is 0 Å². The van der Waals surface area contributed by atoms with Crippen LogP contribution in [0, 0.1) is 5.92 Å². The number of rotatable bonds is 1. The average molecular weight is 206 g/mol. The van der Waals surface area contributed by atoms with Crippen molar-refractivity contribution in [2.75, 3.05) is 0 Å². The first kappa shape index (κ1) is 10.3. The van der Waals surface area contributed by atoms with Crippen LogP contribution in [0.1, 0.15) is 44.1 Å². The maximum atomic E-state index is 9.77. The number of aromatic hydroxyl groups is 2. The van der Waals surface area contributed by atoms with Crippen LogP contribution in [-0.2, 0) is 0 Å². The van der Waals surface area contributed by atoms with Crippen molar-refractivity contribution < 1.29 is 10.2 Å². The normalized spacial score (nSPS) is 26.5. The number of phenolic OH excluding ortho intramolecular Hbond substituents is 2. The topological polar surface area (TPSA) is 40.5 Å². The van der Waals surface area contributed by atoms with Crippen LogP contribution in [0.3, 0.4) is 0 Å². The molecule has 2 rings (SSSR count). The van der Waals surface area contributed by atoms with Gasteiger partial charge in [0.05, 0.1) is 0 Å². The molecular weight excluding hydrogens is 188 g/mol. The lowest BCUT2D eigenvalue weighted by Crippen LogP contribution is -2.11. The molecule has 2 N–H and O–H groups in total. The van der Waals surface area contributed by atoms with E-state index in [4.69, 9.17) is 0 Å². The molecule has 2 heteroatoms. The molecule has 0 spiro atoms. The van der Waals surface area contributed by atoms with Gasteiger partial charge in [0.15, 0.2) is 0 Å². The zero-order valence-corrected chi connectivity index (χ0v) is 9.11. The van der Waals surface area contributed by atoms with Crippen molar-refractivity contribution in [2.24, 2.45) is 5.92 Å². The summed E-state index contributed by atoms with van der Waals surface area (Å²) in [7, 11) is 0. The summed E-state index contributed by atoms with van der Waals surface area (Å²) in [6.45, 7) is 2.27. The summed E-state index contributed by atoms with van der Waals surface area (Å²) in [6, 6.07) is 4.95. The van der Waals surface area contributed by atoms with Crippen molar-refractivity contribution in [1.82, 2.24) is 0 Å². The number of phenols is 2. The van der Waals surface area contributed by atoms with Crippen molar-refractivity contribution in [1.29, 1.82) is 0 Å². The third-order valence-electron chi connectivity index (χ3n) is 3.39. The maximum absolute atomic E-state index is 9.77. The van der Waals surface area contributed by atoms with Gasteiger partial charge in [-0.15, -0.1) is 0 Å². The Balaban J connectivity index is 2.21. The minimum absolute atomic E-state index is 0.139. The second-order valence-corrected chi connectivity index (χ2v) is 4.71. The van der Waals surface area contributed by atoms with Crippen LogP contribution in [0.25, 0.3) is 0 Å². The smallest absolute Gasteiger partial charge is 0.122 e. The Morgan fingerprint density at radius 2 is 2.00 bits per heavy atom. The molecule has 2 atom stereocenters. The molecule has 1 aliphatic rings. The zero-order valence-electron chi connectivity index (χ0n) is 9.11. The van der Waals surface area contributed by atoms with Crippen LogP contribution >= 0.6 is 0 Å². The van der Waals surface area contributed by atoms with E-state index in [9.17, 15) is 10.2 Å². The van der Waals surface area contributed by atoms with Crippen molar-refractivity contribution in [2.45, 2.75) is 38.5 Å². The first-order valence-electron chi connectivity index (χ1n) is 5.68. The van der Waals surface area contributed by atoms with E-state index in [0.717, 1.165) is 24.3 Å². The first-order valence-corrected chi connectivity index (χ1v) is 5.68. The fourth-order valence-electron chi connectivity index (χ4n) is 2.59. The summed E-state index contributed by atoms with van der Waals surface area (Å²) in [5.41, 5.74) is 0.999. The molecule has 0 saturated heterocycles. The molecule has 0 heterocycles. The van der Waals surface area contributed by atoms with E-state index in [1.54, 1.807) is 6.07 Å². The summed E-state index contributed by atoms with van der Waals surface area (Å²) < 4.78 is 0. The van der Waals surface area contributed by atoms with Crippen molar-refractivity contribution in [3.8, 4) is 11.5 Å². The molecule has 2 unspecified atom stereocenters. The summed E-state index contributed by atoms with van der Waals surface area (Å²) in [6.07, 6.45) is 4.85. The van der Waals surface area contributed by atoms with Gasteiger partial charge < -0.3 is 10.2 Å². The highest BCUT2D eigenvalue weighted by Gasteiger charge is 2.22. The Hall–Kier alpha value is -1.18. The Labute approximate surface area is 90.6 Å². The van der Waals surface area contributed by atoms with Crippen LogP contribution in [0.5, 0.6) is 11.5 Å².